The lowest BCUT2D eigenvalue weighted by molar-refractivity contribution is -0.111. The van der Waals surface area contributed by atoms with Crippen LogP contribution < -0.4 is 20.3 Å². The number of rotatable bonds is 12. The van der Waals surface area contributed by atoms with E-state index in [9.17, 15) is 4.79 Å². The minimum absolute atomic E-state index is 0.185. The first-order valence-electron chi connectivity index (χ1n) is 16.1. The van der Waals surface area contributed by atoms with Gasteiger partial charge in [0.05, 0.1) is 11.3 Å². The number of hydrogen-bond donors (Lipinski definition) is 2. The first-order chi connectivity index (χ1) is 22.1. The summed E-state index contributed by atoms with van der Waals surface area (Å²) in [5.41, 5.74) is 4.92. The average molecular weight is 644 g/mol. The van der Waals surface area contributed by atoms with Gasteiger partial charge in [-0.25, -0.2) is 4.99 Å². The second-order valence-electron chi connectivity index (χ2n) is 13.5. The maximum Gasteiger partial charge on any atom is 0.248 e. The fraction of sp³-hybridized carbons (Fsp3) is 0.429. The number of fused-ring (bicyclic) bond motifs is 1. The van der Waals surface area contributed by atoms with E-state index in [2.05, 4.69) is 82.0 Å². The van der Waals surface area contributed by atoms with E-state index in [0.717, 1.165) is 61.5 Å². The van der Waals surface area contributed by atoms with E-state index in [0.29, 0.717) is 37.3 Å². The van der Waals surface area contributed by atoms with Gasteiger partial charge in [-0.3, -0.25) is 4.79 Å². The molecule has 1 saturated heterocycles. The number of piperazine rings is 1. The Labute approximate surface area is 274 Å². The van der Waals surface area contributed by atoms with E-state index in [1.54, 1.807) is 6.08 Å². The largest absolute Gasteiger partial charge is 0.438 e. The standard InChI is InChI=1S/C35H49N7O3Si/c1-39(2)16-8-11-33(43)38-28-9-7-10-30(23-28)45-35-31-24-32(27-12-14-29(15-13-27)41-19-17-40(3)18-20-41)42(34(31)36-25-37-35)26-44-21-22-46(4,5)6/h7-15,23-24,36H,16-22,25-26H2,1-6H3,(H,38,43). The summed E-state index contributed by atoms with van der Waals surface area (Å²) in [7, 11) is 4.88. The number of aromatic nitrogens is 1. The highest BCUT2D eigenvalue weighted by Gasteiger charge is 2.25. The molecule has 246 valence electrons. The normalized spacial score (nSPS) is 15.5. The molecule has 0 bridgehead atoms. The van der Waals surface area contributed by atoms with E-state index in [1.807, 2.05) is 49.3 Å². The lowest BCUT2D eigenvalue weighted by atomic mass is 10.1. The molecule has 2 N–H and O–H groups in total. The fourth-order valence-corrected chi connectivity index (χ4v) is 6.14. The predicted octanol–water partition coefficient (Wildman–Crippen LogP) is 5.48. The Morgan fingerprint density at radius 3 is 2.54 bits per heavy atom. The van der Waals surface area contributed by atoms with Gasteiger partial charge in [0.1, 0.15) is 25.0 Å². The van der Waals surface area contributed by atoms with Crippen molar-refractivity contribution in [3.8, 4) is 17.0 Å². The Morgan fingerprint density at radius 1 is 1.07 bits per heavy atom. The number of ether oxygens (including phenoxy) is 2. The number of aliphatic imine (C=N–C) groups is 1. The maximum absolute atomic E-state index is 12.4. The van der Waals surface area contributed by atoms with E-state index in [1.165, 1.54) is 5.69 Å². The van der Waals surface area contributed by atoms with Crippen molar-refractivity contribution in [1.82, 2.24) is 14.4 Å². The minimum atomic E-state index is -1.22. The third-order valence-corrected chi connectivity index (χ3v) is 9.80. The van der Waals surface area contributed by atoms with E-state index in [4.69, 9.17) is 14.5 Å². The Bertz CT molecular complexity index is 1530. The molecule has 1 fully saturated rings. The van der Waals surface area contributed by atoms with Crippen LogP contribution in [0.4, 0.5) is 17.2 Å². The average Bonchev–Trinajstić information content (AvgIpc) is 3.39. The maximum atomic E-state index is 12.4. The summed E-state index contributed by atoms with van der Waals surface area (Å²) in [5.74, 6) is 1.86. The van der Waals surface area contributed by atoms with Crippen LogP contribution in [0.5, 0.6) is 5.75 Å². The van der Waals surface area contributed by atoms with Gasteiger partial charge in [-0.15, -0.1) is 0 Å². The van der Waals surface area contributed by atoms with Crippen LogP contribution in [0.15, 0.2) is 71.7 Å². The Kier molecular flexibility index (Phi) is 11.0. The van der Waals surface area contributed by atoms with Crippen LogP contribution in [0.1, 0.15) is 5.56 Å². The summed E-state index contributed by atoms with van der Waals surface area (Å²) in [6, 6.07) is 19.5. The highest BCUT2D eigenvalue weighted by Crippen LogP contribution is 2.34. The van der Waals surface area contributed by atoms with E-state index in [-0.39, 0.29) is 5.91 Å². The van der Waals surface area contributed by atoms with Crippen LogP contribution in [-0.2, 0) is 16.3 Å². The van der Waals surface area contributed by atoms with Crippen LogP contribution >= 0.6 is 0 Å². The zero-order chi connectivity index (χ0) is 32.7. The molecule has 0 unspecified atom stereocenters. The molecule has 3 aromatic rings. The summed E-state index contributed by atoms with van der Waals surface area (Å²) in [4.78, 5) is 23.9. The van der Waals surface area contributed by atoms with Gasteiger partial charge in [-0.2, -0.15) is 0 Å². The van der Waals surface area contributed by atoms with Gasteiger partial charge in [0.25, 0.3) is 0 Å². The van der Waals surface area contributed by atoms with E-state index >= 15 is 0 Å². The van der Waals surface area contributed by atoms with E-state index < -0.39 is 8.07 Å². The summed E-state index contributed by atoms with van der Waals surface area (Å²) in [5, 5.41) is 6.39. The molecule has 2 aliphatic rings. The number of hydrogen-bond acceptors (Lipinski definition) is 8. The molecule has 0 saturated carbocycles. The predicted molar refractivity (Wildman–Crippen MR) is 192 cm³/mol. The highest BCUT2D eigenvalue weighted by molar-refractivity contribution is 6.76. The van der Waals surface area contributed by atoms with Gasteiger partial charge in [-0.1, -0.05) is 43.9 Å². The van der Waals surface area contributed by atoms with Gasteiger partial charge in [0.2, 0.25) is 11.8 Å². The molecule has 2 aliphatic heterocycles. The molecule has 10 nitrogen and oxygen atoms in total. The van der Waals surface area contributed by atoms with Crippen LogP contribution in [-0.4, -0.2) is 101 Å². The molecule has 0 radical (unpaired) electrons. The molecule has 0 aliphatic carbocycles. The number of carbonyl (C=O) groups is 1. The topological polar surface area (TPSA) is 86.6 Å². The summed E-state index contributed by atoms with van der Waals surface area (Å²) in [6.45, 7) is 13.5. The SMILES string of the molecule is CN(C)CC=CC(=O)Nc1cccc(OC2=NCNc3c2cc(-c2ccc(N4CCN(C)CC4)cc2)n3COCC[Si](C)(C)C)c1. The van der Waals surface area contributed by atoms with Crippen LogP contribution in [0, 0.1) is 0 Å². The molecule has 46 heavy (non-hydrogen) atoms. The lowest BCUT2D eigenvalue weighted by Crippen LogP contribution is -2.44. The molecule has 0 spiro atoms. The number of likely N-dealkylation sites (N-methyl/N-ethyl adjacent to an activating group) is 2. The number of anilines is 3. The molecule has 5 rings (SSSR count). The number of amides is 1. The van der Waals surface area contributed by atoms with Crippen LogP contribution in [0.2, 0.25) is 25.7 Å². The smallest absolute Gasteiger partial charge is 0.248 e. The monoisotopic (exact) mass is 643 g/mol. The lowest BCUT2D eigenvalue weighted by Gasteiger charge is -2.34. The number of benzene rings is 2. The van der Waals surface area contributed by atoms with Crippen molar-refractivity contribution < 1.29 is 14.3 Å². The molecule has 1 aromatic heterocycles. The molecular formula is C35H49N7O3Si. The number of nitrogens with zero attached hydrogens (tertiary/aromatic N) is 5. The number of nitrogens with one attached hydrogen (secondary N) is 2. The van der Waals surface area contributed by atoms with Gasteiger partial charge in [0.15, 0.2) is 0 Å². The van der Waals surface area contributed by atoms with Crippen molar-refractivity contribution in [2.24, 2.45) is 4.99 Å². The van der Waals surface area contributed by atoms with Gasteiger partial charge >= 0.3 is 0 Å². The third kappa shape index (κ3) is 9.09. The molecule has 3 heterocycles. The van der Waals surface area contributed by atoms with Gasteiger partial charge in [0, 0.05) is 70.9 Å². The molecule has 1 amide bonds. The zero-order valence-corrected chi connectivity index (χ0v) is 29.2. The first kappa shape index (κ1) is 33.5. The van der Waals surface area contributed by atoms with Crippen molar-refractivity contribution in [2.75, 3.05) is 82.7 Å². The second kappa shape index (κ2) is 15.1. The second-order valence-corrected chi connectivity index (χ2v) is 19.1. The van der Waals surface area contributed by atoms with Crippen molar-refractivity contribution in [3.63, 3.8) is 0 Å². The van der Waals surface area contributed by atoms with Crippen molar-refractivity contribution >= 4 is 37.1 Å². The Hall–Kier alpha value is -3.90. The molecule has 0 atom stereocenters. The first-order valence-corrected chi connectivity index (χ1v) is 19.8. The minimum Gasteiger partial charge on any atom is -0.438 e. The summed E-state index contributed by atoms with van der Waals surface area (Å²) < 4.78 is 14.8. The van der Waals surface area contributed by atoms with Crippen LogP contribution in [0.25, 0.3) is 11.3 Å². The van der Waals surface area contributed by atoms with Crippen LogP contribution in [0.3, 0.4) is 0 Å². The highest BCUT2D eigenvalue weighted by atomic mass is 28.3. The Balaban J connectivity index is 1.37. The summed E-state index contributed by atoms with van der Waals surface area (Å²) in [6.07, 6.45) is 3.38. The fourth-order valence-electron chi connectivity index (χ4n) is 5.38. The van der Waals surface area contributed by atoms with Crippen molar-refractivity contribution in [2.45, 2.75) is 32.4 Å². The molecule has 2 aromatic carbocycles. The summed E-state index contributed by atoms with van der Waals surface area (Å²) >= 11 is 0. The molecule has 11 heteroatoms. The zero-order valence-electron chi connectivity index (χ0n) is 28.2. The van der Waals surface area contributed by atoms with Crippen molar-refractivity contribution in [3.05, 3.63) is 72.3 Å². The molecular weight excluding hydrogens is 595 g/mol. The Morgan fingerprint density at radius 2 is 1.83 bits per heavy atom. The third-order valence-electron chi connectivity index (χ3n) is 8.10. The number of carbonyl (C=O) groups excluding carboxylic acids is 1. The quantitative estimate of drug-likeness (QED) is 0.154. The van der Waals surface area contributed by atoms with Gasteiger partial charge in [-0.05, 0) is 63.1 Å². The van der Waals surface area contributed by atoms with Gasteiger partial charge < -0.3 is 39.4 Å². The van der Waals surface area contributed by atoms with Crippen molar-refractivity contribution in [1.29, 1.82) is 0 Å².